The van der Waals surface area contributed by atoms with Crippen LogP contribution < -0.4 is 0 Å². The molecule has 32 heavy (non-hydrogen) atoms. The second kappa shape index (κ2) is 8.22. The van der Waals surface area contributed by atoms with Crippen LogP contribution in [0.4, 0.5) is 0 Å². The normalized spacial score (nSPS) is 28.8. The van der Waals surface area contributed by atoms with Crippen LogP contribution in [-0.2, 0) is 19.1 Å². The Labute approximate surface area is 185 Å². The van der Waals surface area contributed by atoms with Gasteiger partial charge in [0.2, 0.25) is 12.2 Å². The number of rotatable bonds is 5. The summed E-state index contributed by atoms with van der Waals surface area (Å²) in [6.45, 7) is 0. The van der Waals surface area contributed by atoms with Gasteiger partial charge in [-0.1, -0.05) is 42.8 Å². The quantitative estimate of drug-likeness (QED) is 0.532. The molecule has 164 valence electrons. The van der Waals surface area contributed by atoms with E-state index in [-0.39, 0.29) is 23.1 Å². The highest BCUT2D eigenvalue weighted by Gasteiger charge is 2.58. The number of carbonyl (C=O) groups is 4. The van der Waals surface area contributed by atoms with Crippen LogP contribution in [0.5, 0.6) is 0 Å². The molecule has 0 unspecified atom stereocenters. The number of imide groups is 1. The fourth-order valence-electron chi connectivity index (χ4n) is 5.24. The summed E-state index contributed by atoms with van der Waals surface area (Å²) in [5.41, 5.74) is 0.499. The van der Waals surface area contributed by atoms with Crippen molar-refractivity contribution in [3.05, 3.63) is 71.8 Å². The van der Waals surface area contributed by atoms with Crippen molar-refractivity contribution in [2.24, 2.45) is 11.8 Å². The molecule has 3 fully saturated rings. The van der Waals surface area contributed by atoms with Crippen molar-refractivity contribution in [3.8, 4) is 0 Å². The van der Waals surface area contributed by atoms with E-state index in [0.29, 0.717) is 5.92 Å². The summed E-state index contributed by atoms with van der Waals surface area (Å²) in [7, 11) is 0. The van der Waals surface area contributed by atoms with Crippen molar-refractivity contribution in [3.63, 3.8) is 0 Å². The molecule has 2 bridgehead atoms. The van der Waals surface area contributed by atoms with E-state index < -0.39 is 36.0 Å². The number of hydrogen-bond donors (Lipinski definition) is 0. The fraction of sp³-hybridized carbons (Fsp3) is 0.360. The Hall–Kier alpha value is -3.48. The summed E-state index contributed by atoms with van der Waals surface area (Å²) in [5.74, 6) is -1.95. The lowest BCUT2D eigenvalue weighted by Gasteiger charge is -2.29. The van der Waals surface area contributed by atoms with Gasteiger partial charge in [0.05, 0.1) is 11.1 Å². The van der Waals surface area contributed by atoms with E-state index >= 15 is 0 Å². The summed E-state index contributed by atoms with van der Waals surface area (Å²) in [4.78, 5) is 53.2. The zero-order valence-corrected chi connectivity index (χ0v) is 17.4. The van der Waals surface area contributed by atoms with Gasteiger partial charge in [0.1, 0.15) is 0 Å². The van der Waals surface area contributed by atoms with Gasteiger partial charge in [0.25, 0.3) is 11.8 Å². The zero-order valence-electron chi connectivity index (χ0n) is 17.4. The van der Waals surface area contributed by atoms with Crippen LogP contribution >= 0.6 is 0 Å². The molecule has 7 nitrogen and oxygen atoms in total. The molecule has 1 saturated heterocycles. The number of carbonyl (C=O) groups excluding carboxylic acids is 4. The first-order valence-electron chi connectivity index (χ1n) is 10.9. The van der Waals surface area contributed by atoms with Crippen LogP contribution in [0.25, 0.3) is 0 Å². The molecular formula is C25H23NO6. The van der Waals surface area contributed by atoms with Crippen molar-refractivity contribution in [2.75, 3.05) is 0 Å². The first kappa shape index (κ1) is 20.4. The molecule has 3 aliphatic rings. The monoisotopic (exact) mass is 433 g/mol. The van der Waals surface area contributed by atoms with Gasteiger partial charge in [-0.15, -0.1) is 0 Å². The number of hydrogen-bond acceptors (Lipinski definition) is 6. The summed E-state index contributed by atoms with van der Waals surface area (Å²) in [6, 6.07) is 16.2. The van der Waals surface area contributed by atoms with Gasteiger partial charge in [-0.2, -0.15) is 0 Å². The molecule has 2 aromatic rings. The van der Waals surface area contributed by atoms with Crippen molar-refractivity contribution in [1.29, 1.82) is 0 Å². The lowest BCUT2D eigenvalue weighted by Crippen LogP contribution is -2.44. The SMILES string of the molecule is O=C(O[C@@H]1C(=O)N([C@@H]2C[C@H]3CC[C@H]2C3)C(=O)[C@@H]1OC(=O)c1ccccc1)c1ccccc1. The van der Waals surface area contributed by atoms with Gasteiger partial charge < -0.3 is 9.47 Å². The second-order valence-corrected chi connectivity index (χ2v) is 8.67. The van der Waals surface area contributed by atoms with Crippen LogP contribution in [0.1, 0.15) is 46.4 Å². The highest BCUT2D eigenvalue weighted by atomic mass is 16.6. The summed E-state index contributed by atoms with van der Waals surface area (Å²) < 4.78 is 10.9. The Bertz CT molecular complexity index is 981. The smallest absolute Gasteiger partial charge is 0.339 e. The molecule has 1 heterocycles. The van der Waals surface area contributed by atoms with E-state index in [0.717, 1.165) is 25.7 Å². The maximum atomic E-state index is 13.3. The molecule has 0 radical (unpaired) electrons. The molecule has 0 N–H and O–H groups in total. The first-order valence-corrected chi connectivity index (χ1v) is 10.9. The lowest BCUT2D eigenvalue weighted by atomic mass is 9.94. The van der Waals surface area contributed by atoms with Crippen molar-refractivity contribution < 1.29 is 28.7 Å². The maximum absolute atomic E-state index is 13.3. The molecule has 0 aromatic heterocycles. The molecule has 1 aliphatic heterocycles. The number of esters is 2. The first-order chi connectivity index (χ1) is 15.5. The largest absolute Gasteiger partial charge is 0.444 e. The van der Waals surface area contributed by atoms with Crippen molar-refractivity contribution >= 4 is 23.8 Å². The number of fused-ring (bicyclic) bond motifs is 2. The van der Waals surface area contributed by atoms with Gasteiger partial charge in [0.15, 0.2) is 0 Å². The van der Waals surface area contributed by atoms with Crippen molar-refractivity contribution in [1.82, 2.24) is 4.90 Å². The van der Waals surface area contributed by atoms with Gasteiger partial charge >= 0.3 is 11.9 Å². The molecule has 0 spiro atoms. The average molecular weight is 433 g/mol. The standard InChI is InChI=1S/C25H23NO6/c27-22-20(31-24(29)16-7-3-1-4-8-16)21(32-25(30)17-9-5-2-6-10-17)23(28)26(22)19-14-15-11-12-18(19)13-15/h1-10,15,18-21H,11-14H2/t15-,18-,19+,20-,21+/m0/s1. The molecular weight excluding hydrogens is 410 g/mol. The molecule has 2 saturated carbocycles. The van der Waals surface area contributed by atoms with Crippen molar-refractivity contribution in [2.45, 2.75) is 43.9 Å². The van der Waals surface area contributed by atoms with Gasteiger partial charge in [-0.25, -0.2) is 9.59 Å². The molecule has 2 amide bonds. The molecule has 2 aliphatic carbocycles. The van der Waals surface area contributed by atoms with Crippen LogP contribution in [0.15, 0.2) is 60.7 Å². The lowest BCUT2D eigenvalue weighted by molar-refractivity contribution is -0.145. The third-order valence-corrected chi connectivity index (χ3v) is 6.76. The van der Waals surface area contributed by atoms with Gasteiger partial charge in [0, 0.05) is 6.04 Å². The zero-order chi connectivity index (χ0) is 22.2. The fourth-order valence-corrected chi connectivity index (χ4v) is 5.24. The predicted molar refractivity (Wildman–Crippen MR) is 112 cm³/mol. The van der Waals surface area contributed by atoms with E-state index in [4.69, 9.17) is 9.47 Å². The van der Waals surface area contributed by atoms with E-state index in [2.05, 4.69) is 0 Å². The van der Waals surface area contributed by atoms with E-state index in [1.165, 1.54) is 4.90 Å². The highest BCUT2D eigenvalue weighted by Crippen LogP contribution is 2.48. The van der Waals surface area contributed by atoms with Crippen LogP contribution in [0.2, 0.25) is 0 Å². The summed E-state index contributed by atoms with van der Waals surface area (Å²) >= 11 is 0. The Morgan fingerprint density at radius 1 is 0.719 bits per heavy atom. The van der Waals surface area contributed by atoms with Gasteiger partial charge in [-0.3, -0.25) is 14.5 Å². The molecule has 7 heteroatoms. The topological polar surface area (TPSA) is 90.0 Å². The van der Waals surface area contributed by atoms with E-state index in [1.807, 2.05) is 0 Å². The summed E-state index contributed by atoms with van der Waals surface area (Å²) in [6.07, 6.45) is 0.820. The van der Waals surface area contributed by atoms with Crippen LogP contribution in [0.3, 0.4) is 0 Å². The Morgan fingerprint density at radius 2 is 1.22 bits per heavy atom. The predicted octanol–water partition coefficient (Wildman–Crippen LogP) is 3.00. The second-order valence-electron chi connectivity index (χ2n) is 8.67. The third kappa shape index (κ3) is 3.57. The van der Waals surface area contributed by atoms with E-state index in [1.54, 1.807) is 60.7 Å². The third-order valence-electron chi connectivity index (χ3n) is 6.76. The van der Waals surface area contributed by atoms with Crippen LogP contribution in [0, 0.1) is 11.8 Å². The minimum Gasteiger partial charge on any atom is -0.444 e. The highest BCUT2D eigenvalue weighted by molar-refractivity contribution is 6.10. The average Bonchev–Trinajstić information content (AvgIpc) is 3.51. The number of amides is 2. The van der Waals surface area contributed by atoms with Crippen LogP contribution in [-0.4, -0.2) is 46.9 Å². The maximum Gasteiger partial charge on any atom is 0.339 e. The summed E-state index contributed by atoms with van der Waals surface area (Å²) in [5, 5.41) is 0. The number of benzene rings is 2. The van der Waals surface area contributed by atoms with E-state index in [9.17, 15) is 19.2 Å². The number of likely N-dealkylation sites (tertiary alicyclic amines) is 1. The van der Waals surface area contributed by atoms with Gasteiger partial charge in [-0.05, 0) is 55.4 Å². The Balaban J connectivity index is 1.42. The molecule has 5 atom stereocenters. The Kier molecular flexibility index (Phi) is 5.25. The number of ether oxygens (including phenoxy) is 2. The molecule has 2 aromatic carbocycles. The minimum atomic E-state index is -1.50. The Morgan fingerprint density at radius 3 is 1.62 bits per heavy atom. The number of nitrogens with zero attached hydrogens (tertiary/aromatic N) is 1. The molecule has 5 rings (SSSR count). The minimum absolute atomic E-state index is 0.230.